The smallest absolute Gasteiger partial charge is 0.232 e. The molecule has 1 aliphatic heterocycles. The van der Waals surface area contributed by atoms with Crippen LogP contribution in [0.2, 0.25) is 0 Å². The molecule has 0 saturated carbocycles. The van der Waals surface area contributed by atoms with E-state index in [1.807, 2.05) is 41.1 Å². The average molecular weight is 447 g/mol. The van der Waals surface area contributed by atoms with Crippen molar-refractivity contribution in [3.63, 3.8) is 0 Å². The van der Waals surface area contributed by atoms with E-state index >= 15 is 0 Å². The molecule has 2 N–H and O–H groups in total. The van der Waals surface area contributed by atoms with Crippen LogP contribution in [0, 0.1) is 12.3 Å². The molecule has 4 aromatic heterocycles. The number of hydrogen-bond donors (Lipinski definition) is 2. The van der Waals surface area contributed by atoms with Gasteiger partial charge in [-0.1, -0.05) is 20.8 Å². The van der Waals surface area contributed by atoms with Crippen molar-refractivity contribution in [1.29, 1.82) is 0 Å². The van der Waals surface area contributed by atoms with Gasteiger partial charge in [-0.15, -0.1) is 0 Å². The molecule has 0 radical (unpaired) electrons. The van der Waals surface area contributed by atoms with Gasteiger partial charge in [-0.25, -0.2) is 9.97 Å². The van der Waals surface area contributed by atoms with Crippen molar-refractivity contribution in [3.05, 3.63) is 60.2 Å². The molecule has 0 amide bonds. The number of aromatic nitrogens is 5. The van der Waals surface area contributed by atoms with Crippen LogP contribution >= 0.6 is 0 Å². The number of nitrogens with zero attached hydrogens (tertiary/aromatic N) is 6. The van der Waals surface area contributed by atoms with Gasteiger partial charge >= 0.3 is 0 Å². The molecule has 0 aromatic carbocycles. The summed E-state index contributed by atoms with van der Waals surface area (Å²) in [6, 6.07) is 10.2. The Labute approximate surface area is 197 Å². The summed E-state index contributed by atoms with van der Waals surface area (Å²) in [5, 5.41) is 6.78. The first-order chi connectivity index (χ1) is 15.9. The van der Waals surface area contributed by atoms with Crippen molar-refractivity contribution in [2.24, 2.45) is 5.41 Å². The molecule has 0 unspecified atom stereocenters. The van der Waals surface area contributed by atoms with Crippen molar-refractivity contribution in [3.8, 4) is 0 Å². The molecule has 1 saturated heterocycles. The number of rotatable bonds is 6. The number of hydrogen-bond acceptors (Lipinski definition) is 7. The lowest BCUT2D eigenvalue weighted by atomic mass is 9.93. The molecule has 0 atom stereocenters. The summed E-state index contributed by atoms with van der Waals surface area (Å²) >= 11 is 0. The number of pyridine rings is 2. The second kappa shape index (κ2) is 8.35. The molecule has 1 aliphatic rings. The van der Waals surface area contributed by atoms with Gasteiger partial charge in [0.1, 0.15) is 23.1 Å². The lowest BCUT2D eigenvalue weighted by molar-refractivity contribution is 0.418. The molecule has 4 aromatic rings. The van der Waals surface area contributed by atoms with E-state index in [4.69, 9.17) is 15.0 Å². The summed E-state index contributed by atoms with van der Waals surface area (Å²) < 4.78 is 1.98. The summed E-state index contributed by atoms with van der Waals surface area (Å²) in [4.78, 5) is 21.0. The highest BCUT2D eigenvalue weighted by Crippen LogP contribution is 2.33. The maximum atomic E-state index is 4.85. The summed E-state index contributed by atoms with van der Waals surface area (Å²) in [7, 11) is 0. The predicted molar refractivity (Wildman–Crippen MR) is 137 cm³/mol. The predicted octanol–water partition coefficient (Wildman–Crippen LogP) is 5.61. The fraction of sp³-hybridized carbons (Fsp3) is 0.360. The highest BCUT2D eigenvalue weighted by molar-refractivity contribution is 5.66. The molecule has 1 fully saturated rings. The maximum absolute atomic E-state index is 4.85. The molecular formula is C25H34N8. The molecule has 5 heterocycles. The van der Waals surface area contributed by atoms with Crippen LogP contribution in [0.15, 0.2) is 48.9 Å². The standard InChI is InChI=1S/C25H30N8.2H2/c1-5-18-12-17(2)13-20(27-18)29-24-30-21(15-23(31-24)33-10-7-25(3,4)16-33)28-19-6-9-32-11-8-26-22(32)14-19;;/h6,8-9,11-15H,5,7,10,16H2,1-4H3,(H2,27,28,29,30,31);2*1H. The minimum atomic E-state index is 0. The third-order valence-corrected chi connectivity index (χ3v) is 6.01. The Morgan fingerprint density at radius 3 is 2.67 bits per heavy atom. The van der Waals surface area contributed by atoms with Gasteiger partial charge in [0.2, 0.25) is 5.95 Å². The Balaban J connectivity index is 0.00000171. The second-order valence-corrected chi connectivity index (χ2v) is 9.50. The number of fused-ring (bicyclic) bond motifs is 1. The Bertz CT molecular complexity index is 1300. The highest BCUT2D eigenvalue weighted by atomic mass is 15.3. The monoisotopic (exact) mass is 446 g/mol. The minimum absolute atomic E-state index is 0. The van der Waals surface area contributed by atoms with E-state index in [1.165, 1.54) is 0 Å². The van der Waals surface area contributed by atoms with Crippen LogP contribution in [-0.2, 0) is 6.42 Å². The van der Waals surface area contributed by atoms with E-state index in [9.17, 15) is 0 Å². The number of anilines is 5. The molecule has 0 spiro atoms. The van der Waals surface area contributed by atoms with Crippen LogP contribution in [0.25, 0.3) is 5.65 Å². The van der Waals surface area contributed by atoms with E-state index in [0.29, 0.717) is 5.95 Å². The zero-order chi connectivity index (χ0) is 23.0. The van der Waals surface area contributed by atoms with Crippen molar-refractivity contribution >= 4 is 34.7 Å². The summed E-state index contributed by atoms with van der Waals surface area (Å²) in [5.41, 5.74) is 4.28. The van der Waals surface area contributed by atoms with Crippen LogP contribution in [0.1, 0.15) is 41.3 Å². The van der Waals surface area contributed by atoms with Gasteiger partial charge < -0.3 is 19.9 Å². The van der Waals surface area contributed by atoms with Crippen LogP contribution in [0.4, 0.5) is 29.1 Å². The van der Waals surface area contributed by atoms with E-state index in [2.05, 4.69) is 54.3 Å². The third kappa shape index (κ3) is 4.74. The highest BCUT2D eigenvalue weighted by Gasteiger charge is 2.30. The van der Waals surface area contributed by atoms with Gasteiger partial charge in [-0.2, -0.15) is 9.97 Å². The Hall–Kier alpha value is -3.68. The van der Waals surface area contributed by atoms with Crippen molar-refractivity contribution in [2.75, 3.05) is 28.6 Å². The van der Waals surface area contributed by atoms with E-state index in [-0.39, 0.29) is 8.27 Å². The fourth-order valence-corrected chi connectivity index (χ4v) is 4.26. The first kappa shape index (κ1) is 21.2. The van der Waals surface area contributed by atoms with Crippen LogP contribution in [0.5, 0.6) is 0 Å². The quantitative estimate of drug-likeness (QED) is 0.398. The van der Waals surface area contributed by atoms with Gasteiger partial charge in [0.05, 0.1) is 0 Å². The normalized spacial score (nSPS) is 15.2. The summed E-state index contributed by atoms with van der Waals surface area (Å²) in [6.07, 6.45) is 7.72. The van der Waals surface area contributed by atoms with Crippen LogP contribution < -0.4 is 15.5 Å². The van der Waals surface area contributed by atoms with Gasteiger partial charge in [0.15, 0.2) is 0 Å². The lowest BCUT2D eigenvalue weighted by Crippen LogP contribution is -2.24. The van der Waals surface area contributed by atoms with Crippen molar-refractivity contribution in [2.45, 2.75) is 40.5 Å². The Morgan fingerprint density at radius 1 is 1.03 bits per heavy atom. The average Bonchev–Trinajstić information content (AvgIpc) is 3.38. The van der Waals surface area contributed by atoms with E-state index in [0.717, 1.165) is 66.0 Å². The molecule has 174 valence electrons. The van der Waals surface area contributed by atoms with Gasteiger partial charge in [0, 0.05) is 58.0 Å². The Kier molecular flexibility index (Phi) is 5.36. The maximum Gasteiger partial charge on any atom is 0.232 e. The summed E-state index contributed by atoms with van der Waals surface area (Å²) in [5.74, 6) is 2.93. The van der Waals surface area contributed by atoms with Crippen molar-refractivity contribution in [1.82, 2.24) is 24.3 Å². The SMILES string of the molecule is CCc1cc(C)cc(Nc2nc(Nc3ccn4ccnc4c3)cc(N3CCC(C)(C)C3)n2)n1.[HH].[HH]. The zero-order valence-electron chi connectivity index (χ0n) is 19.6. The molecule has 0 bridgehead atoms. The topological polar surface area (TPSA) is 83.3 Å². The minimum Gasteiger partial charge on any atom is -0.356 e. The molecular weight excluding hydrogens is 412 g/mol. The number of imidazole rings is 1. The largest absolute Gasteiger partial charge is 0.356 e. The zero-order valence-corrected chi connectivity index (χ0v) is 19.6. The first-order valence-electron chi connectivity index (χ1n) is 11.5. The third-order valence-electron chi connectivity index (χ3n) is 6.01. The molecule has 8 heteroatoms. The van der Waals surface area contributed by atoms with Crippen molar-refractivity contribution < 1.29 is 2.85 Å². The number of aryl methyl sites for hydroxylation is 2. The summed E-state index contributed by atoms with van der Waals surface area (Å²) in [6.45, 7) is 10.7. The molecule has 33 heavy (non-hydrogen) atoms. The van der Waals surface area contributed by atoms with Crippen LogP contribution in [0.3, 0.4) is 0 Å². The Morgan fingerprint density at radius 2 is 1.88 bits per heavy atom. The number of nitrogens with one attached hydrogen (secondary N) is 2. The fourth-order valence-electron chi connectivity index (χ4n) is 4.26. The first-order valence-corrected chi connectivity index (χ1v) is 11.5. The molecule has 0 aliphatic carbocycles. The van der Waals surface area contributed by atoms with E-state index < -0.39 is 0 Å². The lowest BCUT2D eigenvalue weighted by Gasteiger charge is -2.22. The van der Waals surface area contributed by atoms with Crippen LogP contribution in [-0.4, -0.2) is 37.4 Å². The van der Waals surface area contributed by atoms with E-state index in [1.54, 1.807) is 6.20 Å². The van der Waals surface area contributed by atoms with Gasteiger partial charge in [0.25, 0.3) is 0 Å². The van der Waals surface area contributed by atoms with Gasteiger partial charge in [-0.05, 0) is 48.9 Å². The molecule has 5 rings (SSSR count). The van der Waals surface area contributed by atoms with Gasteiger partial charge in [-0.3, -0.25) is 0 Å². The molecule has 8 nitrogen and oxygen atoms in total. The second-order valence-electron chi connectivity index (χ2n) is 9.50.